The van der Waals surface area contributed by atoms with Crippen molar-refractivity contribution in [1.82, 2.24) is 9.38 Å². The summed E-state index contributed by atoms with van der Waals surface area (Å²) in [6.07, 6.45) is 1.92. The molecular formula is C21H16N2O. The lowest BCUT2D eigenvalue weighted by Gasteiger charge is -2.05. The molecule has 2 aromatic heterocycles. The van der Waals surface area contributed by atoms with Crippen molar-refractivity contribution in [2.24, 2.45) is 0 Å². The van der Waals surface area contributed by atoms with Gasteiger partial charge in [-0.1, -0.05) is 60.7 Å². The van der Waals surface area contributed by atoms with E-state index in [1.54, 1.807) is 0 Å². The smallest absolute Gasteiger partial charge is 0.212 e. The van der Waals surface area contributed by atoms with Gasteiger partial charge in [-0.2, -0.15) is 0 Å². The molecule has 3 heteroatoms. The van der Waals surface area contributed by atoms with Gasteiger partial charge in [0.05, 0.1) is 0 Å². The van der Waals surface area contributed by atoms with Gasteiger partial charge in [-0.15, -0.1) is 0 Å². The van der Waals surface area contributed by atoms with E-state index in [0.29, 0.717) is 11.3 Å². The van der Waals surface area contributed by atoms with Crippen molar-refractivity contribution in [3.05, 3.63) is 95.8 Å². The van der Waals surface area contributed by atoms with Crippen LogP contribution in [-0.2, 0) is 0 Å². The van der Waals surface area contributed by atoms with Crippen LogP contribution in [0.3, 0.4) is 0 Å². The number of aromatic nitrogens is 2. The molecule has 24 heavy (non-hydrogen) atoms. The summed E-state index contributed by atoms with van der Waals surface area (Å²) in [4.78, 5) is 17.9. The van der Waals surface area contributed by atoms with Gasteiger partial charge in [-0.05, 0) is 24.6 Å². The summed E-state index contributed by atoms with van der Waals surface area (Å²) in [7, 11) is 0. The van der Waals surface area contributed by atoms with Crippen LogP contribution in [0.2, 0.25) is 0 Å². The molecule has 0 bridgehead atoms. The van der Waals surface area contributed by atoms with Gasteiger partial charge in [0.1, 0.15) is 17.0 Å². The number of rotatable bonds is 3. The number of benzene rings is 2. The molecule has 0 aliphatic heterocycles. The van der Waals surface area contributed by atoms with E-state index < -0.39 is 0 Å². The molecule has 4 aromatic rings. The second kappa shape index (κ2) is 5.78. The molecule has 0 unspecified atom stereocenters. The van der Waals surface area contributed by atoms with Gasteiger partial charge in [0.15, 0.2) is 0 Å². The Morgan fingerprint density at radius 1 is 0.917 bits per heavy atom. The van der Waals surface area contributed by atoms with E-state index in [9.17, 15) is 4.79 Å². The topological polar surface area (TPSA) is 34.4 Å². The maximum Gasteiger partial charge on any atom is 0.212 e. The number of imidazole rings is 1. The highest BCUT2D eigenvalue weighted by Crippen LogP contribution is 2.26. The average Bonchev–Trinajstić information content (AvgIpc) is 3.01. The summed E-state index contributed by atoms with van der Waals surface area (Å²) in [5.74, 6) is -0.0224. The van der Waals surface area contributed by atoms with E-state index in [0.717, 1.165) is 22.5 Å². The molecule has 4 rings (SSSR count). The summed E-state index contributed by atoms with van der Waals surface area (Å²) < 4.78 is 1.88. The van der Waals surface area contributed by atoms with Gasteiger partial charge in [-0.25, -0.2) is 4.98 Å². The fourth-order valence-electron chi connectivity index (χ4n) is 2.89. The molecule has 0 saturated carbocycles. The van der Waals surface area contributed by atoms with Gasteiger partial charge in [0.2, 0.25) is 5.78 Å². The summed E-state index contributed by atoms with van der Waals surface area (Å²) in [5.41, 5.74) is 4.83. The van der Waals surface area contributed by atoms with E-state index in [-0.39, 0.29) is 5.78 Å². The molecule has 0 atom stereocenters. The summed E-state index contributed by atoms with van der Waals surface area (Å²) in [6.45, 7) is 2.02. The van der Waals surface area contributed by atoms with Crippen LogP contribution in [0.4, 0.5) is 0 Å². The molecule has 2 aromatic carbocycles. The molecular weight excluding hydrogens is 296 g/mol. The Hall–Kier alpha value is -3.20. The Labute approximate surface area is 140 Å². The van der Waals surface area contributed by atoms with Crippen LogP contribution in [0.5, 0.6) is 0 Å². The zero-order valence-electron chi connectivity index (χ0n) is 13.3. The van der Waals surface area contributed by atoms with Crippen molar-refractivity contribution < 1.29 is 4.79 Å². The summed E-state index contributed by atoms with van der Waals surface area (Å²) in [6, 6.07) is 23.2. The Balaban J connectivity index is 2.00. The molecule has 116 valence electrons. The number of aryl methyl sites for hydroxylation is 1. The molecule has 3 nitrogen and oxygen atoms in total. The summed E-state index contributed by atoms with van der Waals surface area (Å²) >= 11 is 0. The zero-order valence-corrected chi connectivity index (χ0v) is 13.3. The Kier molecular flexibility index (Phi) is 3.47. The van der Waals surface area contributed by atoms with Gasteiger partial charge >= 0.3 is 0 Å². The maximum atomic E-state index is 13.1. The molecule has 0 aliphatic rings. The van der Waals surface area contributed by atoms with E-state index in [4.69, 9.17) is 4.98 Å². The van der Waals surface area contributed by atoms with Crippen LogP contribution in [0.15, 0.2) is 79.0 Å². The molecule has 0 amide bonds. The highest BCUT2D eigenvalue weighted by molar-refractivity contribution is 6.11. The first kappa shape index (κ1) is 14.4. The Morgan fingerprint density at radius 3 is 2.29 bits per heavy atom. The lowest BCUT2D eigenvalue weighted by atomic mass is 10.0. The van der Waals surface area contributed by atoms with E-state index in [2.05, 4.69) is 0 Å². The van der Waals surface area contributed by atoms with Crippen molar-refractivity contribution >= 4 is 11.4 Å². The van der Waals surface area contributed by atoms with Crippen molar-refractivity contribution in [3.63, 3.8) is 0 Å². The second-order valence-corrected chi connectivity index (χ2v) is 5.80. The van der Waals surface area contributed by atoms with Crippen LogP contribution >= 0.6 is 0 Å². The first-order valence-corrected chi connectivity index (χ1v) is 7.88. The van der Waals surface area contributed by atoms with Crippen LogP contribution in [0.25, 0.3) is 16.9 Å². The van der Waals surface area contributed by atoms with Crippen LogP contribution in [-0.4, -0.2) is 15.2 Å². The van der Waals surface area contributed by atoms with Crippen molar-refractivity contribution in [2.75, 3.05) is 0 Å². The number of pyridine rings is 1. The predicted molar refractivity (Wildman–Crippen MR) is 95.2 cm³/mol. The van der Waals surface area contributed by atoms with Gasteiger partial charge < -0.3 is 0 Å². The molecule has 2 heterocycles. The van der Waals surface area contributed by atoms with Crippen LogP contribution in [0, 0.1) is 6.92 Å². The van der Waals surface area contributed by atoms with E-state index in [1.165, 1.54) is 0 Å². The first-order chi connectivity index (χ1) is 11.7. The van der Waals surface area contributed by atoms with Gasteiger partial charge in [0, 0.05) is 17.3 Å². The number of carbonyl (C=O) groups excluding carboxylic acids is 1. The number of fused-ring (bicyclic) bond motifs is 1. The number of ketones is 1. The molecule has 0 aliphatic carbocycles. The third kappa shape index (κ3) is 2.40. The number of hydrogen-bond donors (Lipinski definition) is 0. The zero-order chi connectivity index (χ0) is 16.5. The predicted octanol–water partition coefficient (Wildman–Crippen LogP) is 4.54. The molecule has 0 spiro atoms. The minimum absolute atomic E-state index is 0.0224. The lowest BCUT2D eigenvalue weighted by Crippen LogP contribution is -2.06. The third-order valence-corrected chi connectivity index (χ3v) is 4.08. The molecule has 0 radical (unpaired) electrons. The highest BCUT2D eigenvalue weighted by Gasteiger charge is 2.21. The largest absolute Gasteiger partial charge is 0.296 e. The van der Waals surface area contributed by atoms with Gasteiger partial charge in [0.25, 0.3) is 0 Å². The van der Waals surface area contributed by atoms with E-state index >= 15 is 0 Å². The van der Waals surface area contributed by atoms with Crippen LogP contribution < -0.4 is 0 Å². The SMILES string of the molecule is Cc1ccn2c(C(=O)c3ccccc3)c(-c3ccccc3)nc2c1. The van der Waals surface area contributed by atoms with Crippen LogP contribution in [0.1, 0.15) is 21.6 Å². The van der Waals surface area contributed by atoms with E-state index in [1.807, 2.05) is 90.3 Å². The lowest BCUT2D eigenvalue weighted by molar-refractivity contribution is 0.103. The quantitative estimate of drug-likeness (QED) is 0.520. The maximum absolute atomic E-state index is 13.1. The number of carbonyl (C=O) groups is 1. The Bertz CT molecular complexity index is 1020. The third-order valence-electron chi connectivity index (χ3n) is 4.08. The highest BCUT2D eigenvalue weighted by atomic mass is 16.1. The Morgan fingerprint density at radius 2 is 1.58 bits per heavy atom. The van der Waals surface area contributed by atoms with Crippen molar-refractivity contribution in [3.8, 4) is 11.3 Å². The molecule has 0 N–H and O–H groups in total. The molecule has 0 fully saturated rings. The van der Waals surface area contributed by atoms with Crippen molar-refractivity contribution in [2.45, 2.75) is 6.92 Å². The fraction of sp³-hybridized carbons (Fsp3) is 0.0476. The summed E-state index contributed by atoms with van der Waals surface area (Å²) in [5, 5.41) is 0. The minimum Gasteiger partial charge on any atom is -0.296 e. The van der Waals surface area contributed by atoms with Crippen molar-refractivity contribution in [1.29, 1.82) is 0 Å². The molecule has 0 saturated heterocycles. The average molecular weight is 312 g/mol. The number of nitrogens with zero attached hydrogens (tertiary/aromatic N) is 2. The minimum atomic E-state index is -0.0224. The number of hydrogen-bond acceptors (Lipinski definition) is 2. The first-order valence-electron chi connectivity index (χ1n) is 7.88. The van der Waals surface area contributed by atoms with Gasteiger partial charge in [-0.3, -0.25) is 9.20 Å². The standard InChI is InChI=1S/C21H16N2O/c1-15-12-13-23-18(14-15)22-19(16-8-4-2-5-9-16)20(23)21(24)17-10-6-3-7-11-17/h2-14H,1H3. The monoisotopic (exact) mass is 312 g/mol. The second-order valence-electron chi connectivity index (χ2n) is 5.80. The fourth-order valence-corrected chi connectivity index (χ4v) is 2.89. The normalized spacial score (nSPS) is 10.9.